The molecule has 0 aliphatic carbocycles. The summed E-state index contributed by atoms with van der Waals surface area (Å²) >= 11 is 0. The second-order valence-corrected chi connectivity index (χ2v) is 12.9. The molecule has 2 aromatic rings. The van der Waals surface area contributed by atoms with Gasteiger partial charge in [-0.05, 0) is 101 Å². The number of benzene rings is 2. The molecule has 0 bridgehead atoms. The van der Waals surface area contributed by atoms with Crippen LogP contribution in [0.15, 0.2) is 42.5 Å². The number of alkyl carbamates (subject to hydrolysis) is 1. The standard InChI is InChI=1S/C35H51N3O8/c1-9-45-30(41)18-19-36-32(42)31(26-14-17-29(40)23(4)20-26)38(24(5)11-10-22(2)3)33(43)28(37-34(44)46-35(6,7)8)21-25-12-15-27(39)16-13-25/h12-17,20,22,24,28,31,39-40H,9-11,18-19,21H2,1-8H3,(H,36,42)(H,37,44). The average molecular weight is 642 g/mol. The number of hydrogen-bond donors (Lipinski definition) is 4. The summed E-state index contributed by atoms with van der Waals surface area (Å²) < 4.78 is 10.5. The van der Waals surface area contributed by atoms with Gasteiger partial charge in [0, 0.05) is 19.0 Å². The lowest BCUT2D eigenvalue weighted by molar-refractivity contribution is -0.146. The molecule has 11 nitrogen and oxygen atoms in total. The second kappa shape index (κ2) is 17.4. The highest BCUT2D eigenvalue weighted by molar-refractivity contribution is 5.92. The van der Waals surface area contributed by atoms with E-state index in [-0.39, 0.29) is 37.5 Å². The van der Waals surface area contributed by atoms with Crippen molar-refractivity contribution in [2.75, 3.05) is 13.2 Å². The molecule has 3 atom stereocenters. The summed E-state index contributed by atoms with van der Waals surface area (Å²) in [6, 6.07) is 8.22. The Morgan fingerprint density at radius 2 is 1.61 bits per heavy atom. The summed E-state index contributed by atoms with van der Waals surface area (Å²) in [6.07, 6.45) is 0.527. The van der Waals surface area contributed by atoms with Gasteiger partial charge >= 0.3 is 12.1 Å². The number of carbonyl (C=O) groups excluding carboxylic acids is 4. The van der Waals surface area contributed by atoms with Gasteiger partial charge in [-0.25, -0.2) is 4.79 Å². The van der Waals surface area contributed by atoms with E-state index < -0.39 is 47.6 Å². The van der Waals surface area contributed by atoms with Crippen LogP contribution >= 0.6 is 0 Å². The molecule has 2 aromatic carbocycles. The number of rotatable bonds is 15. The van der Waals surface area contributed by atoms with Gasteiger partial charge < -0.3 is 35.2 Å². The SMILES string of the molecule is CCOC(=O)CCNC(=O)C(c1ccc(O)c(C)c1)N(C(=O)C(Cc1ccc(O)cc1)NC(=O)OC(C)(C)C)C(C)CCC(C)C. The molecule has 0 saturated heterocycles. The van der Waals surface area contributed by atoms with Crippen LogP contribution < -0.4 is 10.6 Å². The van der Waals surface area contributed by atoms with Gasteiger partial charge in [0.05, 0.1) is 13.0 Å². The third-order valence-electron chi connectivity index (χ3n) is 7.25. The van der Waals surface area contributed by atoms with Crippen LogP contribution in [0.1, 0.15) is 90.5 Å². The first-order chi connectivity index (χ1) is 21.5. The number of phenolic OH excluding ortho intramolecular Hbond substituents is 2. The Morgan fingerprint density at radius 3 is 2.17 bits per heavy atom. The van der Waals surface area contributed by atoms with Gasteiger partial charge in [0.2, 0.25) is 11.8 Å². The van der Waals surface area contributed by atoms with Crippen LogP contribution in [0.25, 0.3) is 0 Å². The number of aryl methyl sites for hydroxylation is 1. The van der Waals surface area contributed by atoms with Gasteiger partial charge in [0.1, 0.15) is 29.2 Å². The summed E-state index contributed by atoms with van der Waals surface area (Å²) in [5, 5.41) is 25.6. The molecule has 3 amide bonds. The molecule has 0 spiro atoms. The molecule has 3 unspecified atom stereocenters. The highest BCUT2D eigenvalue weighted by atomic mass is 16.6. The molecular formula is C35H51N3O8. The molecule has 46 heavy (non-hydrogen) atoms. The monoisotopic (exact) mass is 641 g/mol. The first-order valence-corrected chi connectivity index (χ1v) is 15.8. The fourth-order valence-corrected chi connectivity index (χ4v) is 4.91. The Bertz CT molecular complexity index is 1320. The minimum absolute atomic E-state index is 0.0132. The number of amides is 3. The van der Waals surface area contributed by atoms with Gasteiger partial charge in [-0.3, -0.25) is 14.4 Å². The van der Waals surface area contributed by atoms with E-state index in [1.54, 1.807) is 58.9 Å². The van der Waals surface area contributed by atoms with E-state index in [9.17, 15) is 29.4 Å². The maximum atomic E-state index is 14.7. The Balaban J connectivity index is 2.65. The van der Waals surface area contributed by atoms with Crippen molar-refractivity contribution < 1.29 is 38.9 Å². The van der Waals surface area contributed by atoms with E-state index in [1.807, 2.05) is 6.92 Å². The van der Waals surface area contributed by atoms with Crippen LogP contribution in [0.2, 0.25) is 0 Å². The molecule has 2 rings (SSSR count). The van der Waals surface area contributed by atoms with E-state index in [4.69, 9.17) is 9.47 Å². The highest BCUT2D eigenvalue weighted by Crippen LogP contribution is 2.30. The number of aromatic hydroxyl groups is 2. The number of ether oxygens (including phenoxy) is 2. The van der Waals surface area contributed by atoms with Crippen molar-refractivity contribution in [1.82, 2.24) is 15.5 Å². The normalized spacial score (nSPS) is 13.3. The zero-order chi connectivity index (χ0) is 34.6. The van der Waals surface area contributed by atoms with Crippen LogP contribution in [0.3, 0.4) is 0 Å². The summed E-state index contributed by atoms with van der Waals surface area (Å²) in [4.78, 5) is 55.3. The first kappa shape index (κ1) is 37.9. The molecule has 4 N–H and O–H groups in total. The molecule has 0 saturated carbocycles. The van der Waals surface area contributed by atoms with Gasteiger partial charge in [-0.1, -0.05) is 32.0 Å². The molecule has 254 valence electrons. The van der Waals surface area contributed by atoms with Gasteiger partial charge in [-0.15, -0.1) is 0 Å². The zero-order valence-corrected chi connectivity index (χ0v) is 28.4. The average Bonchev–Trinajstić information content (AvgIpc) is 2.95. The third kappa shape index (κ3) is 12.3. The molecule has 0 heterocycles. The van der Waals surface area contributed by atoms with Crippen molar-refractivity contribution in [3.05, 3.63) is 59.2 Å². The quantitative estimate of drug-likeness (QED) is 0.191. The fraction of sp³-hybridized carbons (Fsp3) is 0.543. The summed E-state index contributed by atoms with van der Waals surface area (Å²) in [7, 11) is 0. The molecule has 0 aliphatic rings. The number of phenols is 2. The summed E-state index contributed by atoms with van der Waals surface area (Å²) in [5.41, 5.74) is 0.801. The predicted octanol–water partition coefficient (Wildman–Crippen LogP) is 5.31. The summed E-state index contributed by atoms with van der Waals surface area (Å²) in [6.45, 7) is 14.7. The van der Waals surface area contributed by atoms with Gasteiger partial charge in [0.15, 0.2) is 0 Å². The Hall–Kier alpha value is -4.28. The number of esters is 1. The highest BCUT2D eigenvalue weighted by Gasteiger charge is 2.39. The van der Waals surface area contributed by atoms with Crippen molar-refractivity contribution in [3.63, 3.8) is 0 Å². The third-order valence-corrected chi connectivity index (χ3v) is 7.25. The van der Waals surface area contributed by atoms with Crippen molar-refractivity contribution in [2.24, 2.45) is 5.92 Å². The number of nitrogens with one attached hydrogen (secondary N) is 2. The molecule has 0 fully saturated rings. The number of hydrogen-bond acceptors (Lipinski definition) is 8. The molecule has 0 aliphatic heterocycles. The van der Waals surface area contributed by atoms with Crippen LogP contribution in [0, 0.1) is 12.8 Å². The van der Waals surface area contributed by atoms with E-state index in [2.05, 4.69) is 24.5 Å². The van der Waals surface area contributed by atoms with Crippen molar-refractivity contribution in [2.45, 2.75) is 105 Å². The van der Waals surface area contributed by atoms with E-state index in [0.717, 1.165) is 6.42 Å². The van der Waals surface area contributed by atoms with E-state index in [1.165, 1.54) is 23.1 Å². The second-order valence-electron chi connectivity index (χ2n) is 12.9. The molecule has 0 radical (unpaired) electrons. The van der Waals surface area contributed by atoms with E-state index >= 15 is 0 Å². The smallest absolute Gasteiger partial charge is 0.408 e. The lowest BCUT2D eigenvalue weighted by Gasteiger charge is -2.39. The van der Waals surface area contributed by atoms with Crippen molar-refractivity contribution >= 4 is 23.9 Å². The summed E-state index contributed by atoms with van der Waals surface area (Å²) in [5.74, 6) is -1.11. The first-order valence-electron chi connectivity index (χ1n) is 15.8. The van der Waals surface area contributed by atoms with Crippen LogP contribution in [0.5, 0.6) is 11.5 Å². The van der Waals surface area contributed by atoms with Crippen LogP contribution in [-0.2, 0) is 30.3 Å². The minimum atomic E-state index is -1.17. The zero-order valence-electron chi connectivity index (χ0n) is 28.4. The number of nitrogens with zero attached hydrogens (tertiary/aromatic N) is 1. The topological polar surface area (TPSA) is 154 Å². The number of carbonyl (C=O) groups is 4. The fourth-order valence-electron chi connectivity index (χ4n) is 4.91. The van der Waals surface area contributed by atoms with Crippen molar-refractivity contribution in [3.8, 4) is 11.5 Å². The lowest BCUT2D eigenvalue weighted by Crippen LogP contribution is -2.56. The van der Waals surface area contributed by atoms with E-state index in [0.29, 0.717) is 29.0 Å². The predicted molar refractivity (Wildman–Crippen MR) is 175 cm³/mol. The lowest BCUT2D eigenvalue weighted by atomic mass is 9.95. The molecule has 0 aromatic heterocycles. The largest absolute Gasteiger partial charge is 0.508 e. The Morgan fingerprint density at radius 1 is 0.957 bits per heavy atom. The van der Waals surface area contributed by atoms with Gasteiger partial charge in [0.25, 0.3) is 0 Å². The Labute approximate surface area is 272 Å². The maximum Gasteiger partial charge on any atom is 0.408 e. The molecule has 11 heteroatoms. The van der Waals surface area contributed by atoms with Crippen molar-refractivity contribution in [1.29, 1.82) is 0 Å². The van der Waals surface area contributed by atoms with Crippen LogP contribution in [0.4, 0.5) is 4.79 Å². The maximum absolute atomic E-state index is 14.7. The van der Waals surface area contributed by atoms with Crippen LogP contribution in [-0.4, -0.2) is 69.8 Å². The Kier molecular flexibility index (Phi) is 14.4. The molecular weight excluding hydrogens is 590 g/mol. The van der Waals surface area contributed by atoms with Gasteiger partial charge in [-0.2, -0.15) is 0 Å². The minimum Gasteiger partial charge on any atom is -0.508 e.